The molecule has 2 heterocycles. The van der Waals surface area contributed by atoms with Gasteiger partial charge in [-0.3, -0.25) is 4.79 Å². The van der Waals surface area contributed by atoms with E-state index in [1.165, 1.54) is 12.3 Å². The molecular weight excluding hydrogens is 364 g/mol. The second-order valence-corrected chi connectivity index (χ2v) is 7.80. The standard InChI is InChI=1S/C17H15ClN2O4S/c1-10-14(18)6-3-7-15(10)25(23,24)20-11(2)13(9-16(21)22)12-5-4-8-19-17(12)20/h3-8H,9H2,1-2H3,(H,21,22). The molecule has 6 nitrogen and oxygen atoms in total. The van der Waals surface area contributed by atoms with Crippen LogP contribution in [0, 0.1) is 13.8 Å². The lowest BCUT2D eigenvalue weighted by Gasteiger charge is -2.12. The first-order valence-corrected chi connectivity index (χ1v) is 9.24. The van der Waals surface area contributed by atoms with Crippen molar-refractivity contribution in [3.05, 3.63) is 58.4 Å². The maximum absolute atomic E-state index is 13.3. The lowest BCUT2D eigenvalue weighted by atomic mass is 10.1. The van der Waals surface area contributed by atoms with Crippen LogP contribution in [0.1, 0.15) is 16.8 Å². The van der Waals surface area contributed by atoms with Gasteiger partial charge in [0.15, 0.2) is 5.65 Å². The molecule has 3 aromatic rings. The summed E-state index contributed by atoms with van der Waals surface area (Å²) in [4.78, 5) is 15.4. The predicted octanol–water partition coefficient (Wildman–Crippen LogP) is 3.17. The van der Waals surface area contributed by atoms with E-state index in [4.69, 9.17) is 16.7 Å². The van der Waals surface area contributed by atoms with Crippen LogP contribution in [0.15, 0.2) is 41.4 Å². The molecular formula is C17H15ClN2O4S. The highest BCUT2D eigenvalue weighted by Gasteiger charge is 2.28. The summed E-state index contributed by atoms with van der Waals surface area (Å²) in [6, 6.07) is 7.97. The predicted molar refractivity (Wildman–Crippen MR) is 94.6 cm³/mol. The number of aromatic nitrogens is 2. The highest BCUT2D eigenvalue weighted by Crippen LogP contribution is 2.31. The Labute approximate surface area is 149 Å². The average molecular weight is 379 g/mol. The van der Waals surface area contributed by atoms with Gasteiger partial charge >= 0.3 is 5.97 Å². The Morgan fingerprint density at radius 1 is 1.24 bits per heavy atom. The zero-order chi connectivity index (χ0) is 18.4. The van der Waals surface area contributed by atoms with Crippen molar-refractivity contribution in [2.24, 2.45) is 0 Å². The van der Waals surface area contributed by atoms with Gasteiger partial charge in [0.1, 0.15) is 0 Å². The maximum Gasteiger partial charge on any atom is 0.307 e. The SMILES string of the molecule is Cc1c(Cl)cccc1S(=O)(=O)n1c(C)c(CC(=O)O)c2cccnc21. The van der Waals surface area contributed by atoms with Gasteiger partial charge in [0.05, 0.1) is 11.3 Å². The summed E-state index contributed by atoms with van der Waals surface area (Å²) < 4.78 is 27.6. The minimum absolute atomic E-state index is 0.0625. The number of carboxylic acid groups (broad SMARTS) is 1. The molecule has 0 bridgehead atoms. The van der Waals surface area contributed by atoms with Crippen LogP contribution in [-0.4, -0.2) is 28.5 Å². The van der Waals surface area contributed by atoms with Gasteiger partial charge in [-0.25, -0.2) is 17.4 Å². The van der Waals surface area contributed by atoms with E-state index in [0.29, 0.717) is 27.2 Å². The summed E-state index contributed by atoms with van der Waals surface area (Å²) in [5.74, 6) is -1.04. The Balaban J connectivity index is 2.37. The molecule has 25 heavy (non-hydrogen) atoms. The van der Waals surface area contributed by atoms with Crippen molar-refractivity contribution in [3.63, 3.8) is 0 Å². The van der Waals surface area contributed by atoms with Crippen LogP contribution >= 0.6 is 11.6 Å². The molecule has 8 heteroatoms. The first-order chi connectivity index (χ1) is 11.7. The Bertz CT molecular complexity index is 1100. The minimum Gasteiger partial charge on any atom is -0.481 e. The molecule has 2 aromatic heterocycles. The fourth-order valence-corrected chi connectivity index (χ4v) is 4.92. The molecule has 0 unspecified atom stereocenters. The molecule has 0 fully saturated rings. The zero-order valence-electron chi connectivity index (χ0n) is 13.5. The highest BCUT2D eigenvalue weighted by molar-refractivity contribution is 7.90. The van der Waals surface area contributed by atoms with E-state index in [1.54, 1.807) is 38.1 Å². The first kappa shape index (κ1) is 17.4. The third-order valence-corrected chi connectivity index (χ3v) is 6.44. The van der Waals surface area contributed by atoms with E-state index in [0.717, 1.165) is 3.97 Å². The number of aliphatic carboxylic acids is 1. The number of carbonyl (C=O) groups is 1. The number of benzene rings is 1. The summed E-state index contributed by atoms with van der Waals surface area (Å²) in [5.41, 5.74) is 1.39. The van der Waals surface area contributed by atoms with Crippen LogP contribution in [0.2, 0.25) is 5.02 Å². The monoisotopic (exact) mass is 378 g/mol. The second kappa shape index (κ2) is 6.16. The lowest BCUT2D eigenvalue weighted by molar-refractivity contribution is -0.136. The normalized spacial score (nSPS) is 11.8. The van der Waals surface area contributed by atoms with E-state index in [9.17, 15) is 13.2 Å². The van der Waals surface area contributed by atoms with Crippen LogP contribution in [-0.2, 0) is 21.2 Å². The first-order valence-electron chi connectivity index (χ1n) is 7.42. The summed E-state index contributed by atoms with van der Waals surface area (Å²) in [6.07, 6.45) is 1.19. The number of hydrogen-bond acceptors (Lipinski definition) is 4. The Kier molecular flexibility index (Phi) is 4.30. The van der Waals surface area contributed by atoms with Gasteiger partial charge < -0.3 is 5.11 Å². The molecule has 0 saturated heterocycles. The van der Waals surface area contributed by atoms with Crippen LogP contribution in [0.25, 0.3) is 11.0 Å². The van der Waals surface area contributed by atoms with E-state index in [-0.39, 0.29) is 17.0 Å². The topological polar surface area (TPSA) is 89.3 Å². The highest BCUT2D eigenvalue weighted by atomic mass is 35.5. The number of fused-ring (bicyclic) bond motifs is 1. The van der Waals surface area contributed by atoms with Crippen molar-refractivity contribution >= 4 is 38.6 Å². The molecule has 0 aliphatic carbocycles. The van der Waals surface area contributed by atoms with Crippen molar-refractivity contribution in [1.29, 1.82) is 0 Å². The molecule has 3 rings (SSSR count). The molecule has 0 amide bonds. The van der Waals surface area contributed by atoms with E-state index in [1.807, 2.05) is 0 Å². The van der Waals surface area contributed by atoms with Crippen LogP contribution < -0.4 is 0 Å². The quantitative estimate of drug-likeness (QED) is 0.753. The summed E-state index contributed by atoms with van der Waals surface area (Å²) in [7, 11) is -3.99. The van der Waals surface area contributed by atoms with Crippen LogP contribution in [0.5, 0.6) is 0 Å². The van der Waals surface area contributed by atoms with Crippen LogP contribution in [0.3, 0.4) is 0 Å². The summed E-state index contributed by atoms with van der Waals surface area (Å²) in [6.45, 7) is 3.21. The number of nitrogens with zero attached hydrogens (tertiary/aromatic N) is 2. The van der Waals surface area contributed by atoms with Crippen molar-refractivity contribution in [2.45, 2.75) is 25.2 Å². The molecule has 0 aliphatic rings. The van der Waals surface area contributed by atoms with Gasteiger partial charge in [-0.1, -0.05) is 17.7 Å². The molecule has 0 spiro atoms. The summed E-state index contributed by atoms with van der Waals surface area (Å²) in [5, 5.41) is 10.0. The number of rotatable bonds is 4. The number of carboxylic acids is 1. The van der Waals surface area contributed by atoms with Gasteiger partial charge in [0.2, 0.25) is 0 Å². The van der Waals surface area contributed by atoms with E-state index >= 15 is 0 Å². The average Bonchev–Trinajstić information content (AvgIpc) is 2.82. The van der Waals surface area contributed by atoms with E-state index in [2.05, 4.69) is 4.98 Å². The molecule has 1 N–H and O–H groups in total. The second-order valence-electron chi connectivity index (χ2n) is 5.64. The van der Waals surface area contributed by atoms with Crippen molar-refractivity contribution in [1.82, 2.24) is 8.96 Å². The Hall–Kier alpha value is -2.38. The molecule has 0 saturated carbocycles. The van der Waals surface area contributed by atoms with Gasteiger partial charge in [0, 0.05) is 22.3 Å². The number of halogens is 1. The minimum atomic E-state index is -3.99. The van der Waals surface area contributed by atoms with E-state index < -0.39 is 16.0 Å². The number of pyridine rings is 1. The van der Waals surface area contributed by atoms with Crippen molar-refractivity contribution in [2.75, 3.05) is 0 Å². The summed E-state index contributed by atoms with van der Waals surface area (Å²) >= 11 is 6.07. The number of hydrogen-bond donors (Lipinski definition) is 1. The van der Waals surface area contributed by atoms with Crippen LogP contribution in [0.4, 0.5) is 0 Å². The van der Waals surface area contributed by atoms with Gasteiger partial charge in [0.25, 0.3) is 10.0 Å². The third kappa shape index (κ3) is 2.79. The fourth-order valence-electron chi connectivity index (χ4n) is 2.90. The van der Waals surface area contributed by atoms with Crippen molar-refractivity contribution in [3.8, 4) is 0 Å². The molecule has 0 atom stereocenters. The smallest absolute Gasteiger partial charge is 0.307 e. The third-order valence-electron chi connectivity index (χ3n) is 4.11. The van der Waals surface area contributed by atoms with Crippen molar-refractivity contribution < 1.29 is 18.3 Å². The van der Waals surface area contributed by atoms with Gasteiger partial charge in [-0.05, 0) is 49.2 Å². The lowest BCUT2D eigenvalue weighted by Crippen LogP contribution is -2.16. The maximum atomic E-state index is 13.3. The molecule has 0 aliphatic heterocycles. The zero-order valence-corrected chi connectivity index (χ0v) is 15.1. The molecule has 1 aromatic carbocycles. The molecule has 130 valence electrons. The Morgan fingerprint density at radius 2 is 1.96 bits per heavy atom. The molecule has 0 radical (unpaired) electrons. The van der Waals surface area contributed by atoms with Gasteiger partial charge in [-0.15, -0.1) is 0 Å². The largest absolute Gasteiger partial charge is 0.481 e. The Morgan fingerprint density at radius 3 is 2.64 bits per heavy atom. The van der Waals surface area contributed by atoms with Gasteiger partial charge in [-0.2, -0.15) is 0 Å². The fraction of sp³-hybridized carbons (Fsp3) is 0.176.